The van der Waals surface area contributed by atoms with Crippen LogP contribution in [0.2, 0.25) is 0 Å². The van der Waals surface area contributed by atoms with E-state index in [0.717, 1.165) is 23.3 Å². The molecule has 0 aliphatic carbocycles. The highest BCUT2D eigenvalue weighted by molar-refractivity contribution is 7.92. The zero-order valence-electron chi connectivity index (χ0n) is 20.1. The molecule has 1 rings (SSSR count). The van der Waals surface area contributed by atoms with Gasteiger partial charge < -0.3 is 14.8 Å². The number of benzene rings is 1. The number of hydrogen-bond acceptors (Lipinski definition) is 6. The topological polar surface area (TPSA) is 89.0 Å². The molecule has 0 saturated carbocycles. The molecule has 0 aromatic heterocycles. The van der Waals surface area contributed by atoms with E-state index < -0.39 is 15.3 Å². The van der Waals surface area contributed by atoms with Crippen LogP contribution in [-0.2, 0) is 10.0 Å². The van der Waals surface area contributed by atoms with E-state index in [0.29, 0.717) is 17.2 Å². The Balaban J connectivity index is 3.12. The Labute approximate surface area is 198 Å². The fourth-order valence-corrected chi connectivity index (χ4v) is 4.48. The first-order valence-corrected chi connectivity index (χ1v) is 12.4. The van der Waals surface area contributed by atoms with Gasteiger partial charge in [0.05, 0.1) is 19.5 Å². The molecule has 178 valence electrons. The van der Waals surface area contributed by atoms with Gasteiger partial charge >= 0.3 is 0 Å². The number of hydrogen-bond donors (Lipinski definition) is 2. The van der Waals surface area contributed by atoms with Crippen LogP contribution in [0, 0.1) is 5.92 Å². The molecule has 7 nitrogen and oxygen atoms in total. The highest BCUT2D eigenvalue weighted by Gasteiger charge is 2.30. The van der Waals surface area contributed by atoms with E-state index >= 15 is 0 Å². The molecule has 32 heavy (non-hydrogen) atoms. The Hall–Kier alpha value is -2.39. The number of nitrogens with one attached hydrogen (secondary N) is 2. The fraction of sp³-hybridized carbons (Fsp3) is 0.478. The monoisotopic (exact) mass is 481 g/mol. The van der Waals surface area contributed by atoms with Gasteiger partial charge in [0.15, 0.2) is 5.11 Å². The summed E-state index contributed by atoms with van der Waals surface area (Å²) in [6, 6.07) is 5.21. The highest BCUT2D eigenvalue weighted by atomic mass is 32.2. The van der Waals surface area contributed by atoms with Crippen molar-refractivity contribution in [3.8, 4) is 11.5 Å². The smallest absolute Gasteiger partial charge is 0.237 e. The quantitative estimate of drug-likeness (QED) is 0.358. The van der Waals surface area contributed by atoms with Crippen LogP contribution in [0.25, 0.3) is 0 Å². The molecule has 1 aromatic rings. The summed E-state index contributed by atoms with van der Waals surface area (Å²) in [4.78, 5) is 4.60. The summed E-state index contributed by atoms with van der Waals surface area (Å²) < 4.78 is 39.3. The second-order valence-corrected chi connectivity index (χ2v) is 9.89. The molecular formula is C23H35N3O4S2. The molecular weight excluding hydrogens is 446 g/mol. The first kappa shape index (κ1) is 27.6. The summed E-state index contributed by atoms with van der Waals surface area (Å²) >= 11 is 5.28. The molecule has 0 bridgehead atoms. The molecule has 9 heteroatoms. The number of nitrogens with zero attached hydrogens (tertiary/aromatic N) is 1. The number of sulfonamides is 1. The van der Waals surface area contributed by atoms with Crippen molar-refractivity contribution in [1.82, 2.24) is 4.72 Å². The fourth-order valence-electron chi connectivity index (χ4n) is 2.87. The highest BCUT2D eigenvalue weighted by Crippen LogP contribution is 2.34. The minimum absolute atomic E-state index is 0.0714. The second kappa shape index (κ2) is 12.6. The lowest BCUT2D eigenvalue weighted by atomic mass is 9.99. The zero-order chi connectivity index (χ0) is 24.5. The van der Waals surface area contributed by atoms with Gasteiger partial charge in [-0.1, -0.05) is 31.6 Å². The van der Waals surface area contributed by atoms with Gasteiger partial charge in [-0.3, -0.25) is 9.71 Å². The maximum atomic E-state index is 13.1. The summed E-state index contributed by atoms with van der Waals surface area (Å²) in [5, 5.41) is 2.04. The summed E-state index contributed by atoms with van der Waals surface area (Å²) in [6.07, 6.45) is 4.49. The van der Waals surface area contributed by atoms with Gasteiger partial charge in [0.1, 0.15) is 17.2 Å². The Morgan fingerprint density at radius 2 is 1.75 bits per heavy atom. The molecule has 0 aliphatic heterocycles. The van der Waals surface area contributed by atoms with Crippen LogP contribution in [-0.4, -0.2) is 39.2 Å². The lowest BCUT2D eigenvalue weighted by Gasteiger charge is -2.24. The molecule has 0 radical (unpaired) electrons. The molecule has 1 aromatic carbocycles. The number of ether oxygens (including phenoxy) is 2. The van der Waals surface area contributed by atoms with Crippen molar-refractivity contribution in [1.29, 1.82) is 0 Å². The van der Waals surface area contributed by atoms with E-state index in [9.17, 15) is 8.42 Å². The molecule has 0 saturated heterocycles. The zero-order valence-corrected chi connectivity index (χ0v) is 21.8. The molecule has 2 N–H and O–H groups in total. The molecule has 0 fully saturated rings. The first-order chi connectivity index (χ1) is 15.0. The van der Waals surface area contributed by atoms with Crippen molar-refractivity contribution in [2.45, 2.75) is 53.2 Å². The predicted octanol–water partition coefficient (Wildman–Crippen LogP) is 5.07. The van der Waals surface area contributed by atoms with Crippen molar-refractivity contribution < 1.29 is 17.9 Å². The summed E-state index contributed by atoms with van der Waals surface area (Å²) in [7, 11) is -0.785. The average Bonchev–Trinajstić information content (AvgIpc) is 2.77. The van der Waals surface area contributed by atoms with E-state index in [1.165, 1.54) is 14.2 Å². The number of aliphatic imine (C=N–C) groups is 1. The lowest BCUT2D eigenvalue weighted by Crippen LogP contribution is -2.42. The van der Waals surface area contributed by atoms with Gasteiger partial charge in [0.2, 0.25) is 10.0 Å². The maximum absolute atomic E-state index is 13.1. The number of allylic oxidation sites excluding steroid dienone is 4. The third-order valence-corrected chi connectivity index (χ3v) is 7.57. The SMILES string of the molecule is C\C=C(C)/C=N/C(=C(\C)CC)C(C)C(C)S(=O)(=O)NC(=S)Nc1c(OC)cccc1OC. The molecule has 0 spiro atoms. The number of thiocarbonyl (C=S) groups is 1. The summed E-state index contributed by atoms with van der Waals surface area (Å²) in [6.45, 7) is 11.4. The largest absolute Gasteiger partial charge is 0.494 e. The van der Waals surface area contributed by atoms with Crippen molar-refractivity contribution in [2.24, 2.45) is 10.9 Å². The molecule has 2 atom stereocenters. The average molecular weight is 482 g/mol. The van der Waals surface area contributed by atoms with Crippen molar-refractivity contribution in [3.05, 3.63) is 41.1 Å². The number of rotatable bonds is 10. The first-order valence-electron chi connectivity index (χ1n) is 10.4. The van der Waals surface area contributed by atoms with E-state index in [-0.39, 0.29) is 11.0 Å². The Morgan fingerprint density at radius 3 is 2.22 bits per heavy atom. The number of anilines is 1. The van der Waals surface area contributed by atoms with Crippen molar-refractivity contribution >= 4 is 39.3 Å². The standard InChI is InChI=1S/C23H35N3O4S2/c1-9-15(3)14-24-21(16(4)10-2)17(5)18(6)32(27,28)26-23(31)25-22-19(29-7)12-11-13-20(22)30-8/h9,11-14,17-18H,10H2,1-8H3,(H2,25,26,31)/b15-9-,21-16+,24-14+. The number of methoxy groups -OCH3 is 2. The van der Waals surface area contributed by atoms with E-state index in [1.807, 2.05) is 40.7 Å². The molecule has 0 amide bonds. The predicted molar refractivity (Wildman–Crippen MR) is 137 cm³/mol. The van der Waals surface area contributed by atoms with E-state index in [4.69, 9.17) is 21.7 Å². The lowest BCUT2D eigenvalue weighted by molar-refractivity contribution is 0.398. The van der Waals surface area contributed by atoms with Crippen LogP contribution < -0.4 is 19.5 Å². The molecule has 2 unspecified atom stereocenters. The van der Waals surface area contributed by atoms with Crippen LogP contribution in [0.1, 0.15) is 48.0 Å². The van der Waals surface area contributed by atoms with Gasteiger partial charge in [0, 0.05) is 17.8 Å². The van der Waals surface area contributed by atoms with Crippen LogP contribution >= 0.6 is 12.2 Å². The normalized spacial score (nSPS) is 15.1. The second-order valence-electron chi connectivity index (χ2n) is 7.44. The molecule has 0 aliphatic rings. The third-order valence-electron chi connectivity index (χ3n) is 5.36. The minimum atomic E-state index is -3.81. The van der Waals surface area contributed by atoms with Crippen molar-refractivity contribution in [2.75, 3.05) is 19.5 Å². The van der Waals surface area contributed by atoms with Crippen LogP contribution in [0.3, 0.4) is 0 Å². The Bertz CT molecular complexity index is 976. The number of para-hydroxylation sites is 1. The van der Waals surface area contributed by atoms with Gasteiger partial charge in [-0.15, -0.1) is 0 Å². The summed E-state index contributed by atoms with van der Waals surface area (Å²) in [5.74, 6) is 0.603. The Morgan fingerprint density at radius 1 is 1.19 bits per heavy atom. The van der Waals surface area contributed by atoms with Gasteiger partial charge in [-0.2, -0.15) is 0 Å². The molecule has 0 heterocycles. The van der Waals surface area contributed by atoms with Crippen molar-refractivity contribution in [3.63, 3.8) is 0 Å². The summed E-state index contributed by atoms with van der Waals surface area (Å²) in [5.41, 5.74) is 3.25. The maximum Gasteiger partial charge on any atom is 0.237 e. The van der Waals surface area contributed by atoms with Gasteiger partial charge in [0.25, 0.3) is 0 Å². The van der Waals surface area contributed by atoms with Gasteiger partial charge in [-0.05, 0) is 64.0 Å². The minimum Gasteiger partial charge on any atom is -0.494 e. The van der Waals surface area contributed by atoms with E-state index in [1.54, 1.807) is 31.3 Å². The van der Waals surface area contributed by atoms with Crippen LogP contribution in [0.15, 0.2) is 46.1 Å². The van der Waals surface area contributed by atoms with Crippen LogP contribution in [0.4, 0.5) is 5.69 Å². The van der Waals surface area contributed by atoms with Gasteiger partial charge in [-0.25, -0.2) is 8.42 Å². The van der Waals surface area contributed by atoms with E-state index in [2.05, 4.69) is 15.0 Å². The van der Waals surface area contributed by atoms with Crippen LogP contribution in [0.5, 0.6) is 11.5 Å². The Kier molecular flexibility index (Phi) is 10.9. The third kappa shape index (κ3) is 7.34.